The molecule has 1 amide bonds. The van der Waals surface area contributed by atoms with E-state index in [1.807, 2.05) is 6.92 Å². The highest BCUT2D eigenvalue weighted by Crippen LogP contribution is 2.29. The van der Waals surface area contributed by atoms with E-state index in [9.17, 15) is 9.59 Å². The van der Waals surface area contributed by atoms with Gasteiger partial charge >= 0.3 is 5.97 Å². The van der Waals surface area contributed by atoms with Gasteiger partial charge in [-0.05, 0) is 32.6 Å². The maximum Gasteiger partial charge on any atom is 0.306 e. The second-order valence-electron chi connectivity index (χ2n) is 4.97. The number of aliphatic carboxylic acids is 1. The number of rotatable bonds is 4. The van der Waals surface area contributed by atoms with Crippen molar-refractivity contribution in [1.29, 1.82) is 0 Å². The first kappa shape index (κ1) is 14.0. The van der Waals surface area contributed by atoms with Gasteiger partial charge in [-0.2, -0.15) is 0 Å². The number of nitrogens with zero attached hydrogens (tertiary/aromatic N) is 1. The van der Waals surface area contributed by atoms with Gasteiger partial charge in [0.05, 0.1) is 23.7 Å². The van der Waals surface area contributed by atoms with Crippen LogP contribution in [0, 0.1) is 18.8 Å². The number of nitrogens with one attached hydrogen (secondary N) is 1. The van der Waals surface area contributed by atoms with Gasteiger partial charge in [0, 0.05) is 10.8 Å². The Morgan fingerprint density at radius 2 is 2.00 bits per heavy atom. The predicted octanol–water partition coefficient (Wildman–Crippen LogP) is 1.96. The molecule has 0 unspecified atom stereocenters. The summed E-state index contributed by atoms with van der Waals surface area (Å²) < 4.78 is 0. The molecule has 19 heavy (non-hydrogen) atoms. The molecule has 0 aromatic carbocycles. The Hall–Kier alpha value is -1.43. The topological polar surface area (TPSA) is 79.3 Å². The van der Waals surface area contributed by atoms with Crippen LogP contribution in [0.15, 0.2) is 5.51 Å². The summed E-state index contributed by atoms with van der Waals surface area (Å²) in [7, 11) is 0. The Kier molecular flexibility index (Phi) is 4.52. The highest BCUT2D eigenvalue weighted by atomic mass is 32.1. The number of aromatic nitrogens is 1. The first-order valence-corrected chi connectivity index (χ1v) is 7.35. The van der Waals surface area contributed by atoms with Crippen molar-refractivity contribution in [2.45, 2.75) is 39.2 Å². The van der Waals surface area contributed by atoms with Gasteiger partial charge in [0.2, 0.25) is 5.91 Å². The van der Waals surface area contributed by atoms with Crippen LogP contribution in [0.5, 0.6) is 0 Å². The Morgan fingerprint density at radius 1 is 1.37 bits per heavy atom. The monoisotopic (exact) mass is 282 g/mol. The van der Waals surface area contributed by atoms with Gasteiger partial charge in [0.1, 0.15) is 0 Å². The van der Waals surface area contributed by atoms with Crippen molar-refractivity contribution in [2.75, 3.05) is 0 Å². The summed E-state index contributed by atoms with van der Waals surface area (Å²) in [5, 5.41) is 11.8. The Bertz CT molecular complexity index is 464. The number of aryl methyl sites for hydroxylation is 1. The van der Waals surface area contributed by atoms with Crippen molar-refractivity contribution in [3.05, 3.63) is 16.1 Å². The Morgan fingerprint density at radius 3 is 2.53 bits per heavy atom. The lowest BCUT2D eigenvalue weighted by Crippen LogP contribution is -2.34. The minimum Gasteiger partial charge on any atom is -0.481 e. The van der Waals surface area contributed by atoms with Gasteiger partial charge in [-0.25, -0.2) is 4.98 Å². The van der Waals surface area contributed by atoms with Crippen LogP contribution in [-0.2, 0) is 16.1 Å². The molecule has 0 spiro atoms. The summed E-state index contributed by atoms with van der Waals surface area (Å²) in [5.41, 5.74) is 2.73. The predicted molar refractivity (Wildman–Crippen MR) is 71.8 cm³/mol. The maximum absolute atomic E-state index is 12.0. The van der Waals surface area contributed by atoms with Crippen molar-refractivity contribution in [1.82, 2.24) is 10.3 Å². The smallest absolute Gasteiger partial charge is 0.306 e. The number of carboxylic acids is 1. The molecule has 1 heterocycles. The highest BCUT2D eigenvalue weighted by Gasteiger charge is 2.29. The van der Waals surface area contributed by atoms with Crippen molar-refractivity contribution >= 4 is 23.2 Å². The van der Waals surface area contributed by atoms with Gasteiger partial charge in [-0.15, -0.1) is 11.3 Å². The summed E-state index contributed by atoms with van der Waals surface area (Å²) in [6, 6.07) is 0. The average molecular weight is 282 g/mol. The van der Waals surface area contributed by atoms with Crippen LogP contribution < -0.4 is 5.32 Å². The number of thiazole rings is 1. The van der Waals surface area contributed by atoms with E-state index in [1.165, 1.54) is 11.3 Å². The average Bonchev–Trinajstić information content (AvgIpc) is 2.81. The summed E-state index contributed by atoms with van der Waals surface area (Å²) in [6.45, 7) is 2.45. The van der Waals surface area contributed by atoms with Gasteiger partial charge in [0.15, 0.2) is 0 Å². The fraction of sp³-hybridized carbons (Fsp3) is 0.615. The normalized spacial score (nSPS) is 23.0. The second kappa shape index (κ2) is 6.14. The molecule has 1 aliphatic rings. The van der Waals surface area contributed by atoms with Gasteiger partial charge < -0.3 is 10.4 Å². The van der Waals surface area contributed by atoms with Gasteiger partial charge in [-0.3, -0.25) is 9.59 Å². The summed E-state index contributed by atoms with van der Waals surface area (Å²) in [4.78, 5) is 28.1. The van der Waals surface area contributed by atoms with Gasteiger partial charge in [0.25, 0.3) is 0 Å². The van der Waals surface area contributed by atoms with E-state index in [0.717, 1.165) is 10.6 Å². The van der Waals surface area contributed by atoms with E-state index in [4.69, 9.17) is 5.11 Å². The van der Waals surface area contributed by atoms with Crippen molar-refractivity contribution in [2.24, 2.45) is 11.8 Å². The molecule has 0 radical (unpaired) electrons. The molecule has 2 rings (SSSR count). The molecule has 5 nitrogen and oxygen atoms in total. The summed E-state index contributed by atoms with van der Waals surface area (Å²) in [5.74, 6) is -1.01. The molecule has 1 aromatic rings. The van der Waals surface area contributed by atoms with Crippen LogP contribution in [0.3, 0.4) is 0 Å². The molecule has 104 valence electrons. The molecular formula is C13H18N2O3S. The van der Waals surface area contributed by atoms with Crippen molar-refractivity contribution < 1.29 is 14.7 Å². The third kappa shape index (κ3) is 3.53. The Labute approximate surface area is 116 Å². The summed E-state index contributed by atoms with van der Waals surface area (Å²) in [6.07, 6.45) is 2.55. The molecule has 0 atom stereocenters. The minimum atomic E-state index is -0.737. The third-order valence-electron chi connectivity index (χ3n) is 3.72. The summed E-state index contributed by atoms with van der Waals surface area (Å²) >= 11 is 1.54. The van der Waals surface area contributed by atoms with E-state index in [0.29, 0.717) is 32.2 Å². The molecule has 0 saturated heterocycles. The van der Waals surface area contributed by atoms with E-state index < -0.39 is 5.97 Å². The molecule has 2 N–H and O–H groups in total. The second-order valence-corrected chi connectivity index (χ2v) is 5.90. The highest BCUT2D eigenvalue weighted by molar-refractivity contribution is 7.09. The van der Waals surface area contributed by atoms with Crippen LogP contribution >= 0.6 is 11.3 Å². The zero-order chi connectivity index (χ0) is 13.8. The molecule has 1 aliphatic carbocycles. The lowest BCUT2D eigenvalue weighted by Gasteiger charge is -2.25. The van der Waals surface area contributed by atoms with E-state index in [2.05, 4.69) is 10.3 Å². The largest absolute Gasteiger partial charge is 0.481 e. The van der Waals surface area contributed by atoms with Gasteiger partial charge in [-0.1, -0.05) is 0 Å². The minimum absolute atomic E-state index is 0.0381. The Balaban J connectivity index is 1.79. The standard InChI is InChI=1S/C13H18N2O3S/c1-8-11(19-7-15-8)6-14-12(16)9-2-4-10(5-3-9)13(17)18/h7,9-10H,2-6H2,1H3,(H,14,16)(H,17,18). The molecule has 6 heteroatoms. The number of hydrogen-bond donors (Lipinski definition) is 2. The quantitative estimate of drug-likeness (QED) is 0.884. The molecule has 1 aromatic heterocycles. The molecular weight excluding hydrogens is 264 g/mol. The van der Waals surface area contributed by atoms with Crippen molar-refractivity contribution in [3.8, 4) is 0 Å². The third-order valence-corrected chi connectivity index (χ3v) is 4.65. The molecule has 0 aliphatic heterocycles. The number of carboxylic acid groups (broad SMARTS) is 1. The fourth-order valence-corrected chi connectivity index (χ4v) is 3.13. The molecule has 1 fully saturated rings. The fourth-order valence-electron chi connectivity index (χ4n) is 2.41. The van der Waals surface area contributed by atoms with Crippen LogP contribution in [0.2, 0.25) is 0 Å². The first-order valence-electron chi connectivity index (χ1n) is 6.47. The van der Waals surface area contributed by atoms with Crippen LogP contribution in [0.1, 0.15) is 36.3 Å². The van der Waals surface area contributed by atoms with E-state index in [1.54, 1.807) is 5.51 Å². The molecule has 0 bridgehead atoms. The number of carbonyl (C=O) groups is 2. The lowest BCUT2D eigenvalue weighted by molar-refractivity contribution is -0.144. The SMILES string of the molecule is Cc1ncsc1CNC(=O)C1CCC(C(=O)O)CC1. The van der Waals surface area contributed by atoms with E-state index in [-0.39, 0.29) is 17.7 Å². The number of amides is 1. The maximum atomic E-state index is 12.0. The lowest BCUT2D eigenvalue weighted by atomic mass is 9.81. The number of carbonyl (C=O) groups excluding carboxylic acids is 1. The zero-order valence-corrected chi connectivity index (χ0v) is 11.7. The first-order chi connectivity index (χ1) is 9.08. The van der Waals surface area contributed by atoms with E-state index >= 15 is 0 Å². The van der Waals surface area contributed by atoms with Crippen LogP contribution in [0.25, 0.3) is 0 Å². The number of hydrogen-bond acceptors (Lipinski definition) is 4. The van der Waals surface area contributed by atoms with Crippen molar-refractivity contribution in [3.63, 3.8) is 0 Å². The zero-order valence-electron chi connectivity index (χ0n) is 10.9. The van der Waals surface area contributed by atoms with Crippen LogP contribution in [-0.4, -0.2) is 22.0 Å². The van der Waals surface area contributed by atoms with Crippen LogP contribution in [0.4, 0.5) is 0 Å². The molecule has 1 saturated carbocycles.